The zero-order valence-corrected chi connectivity index (χ0v) is 11.9. The normalized spacial score (nSPS) is 10.2. The van der Waals surface area contributed by atoms with Gasteiger partial charge in [0.15, 0.2) is 0 Å². The van der Waals surface area contributed by atoms with Gasteiger partial charge in [0.2, 0.25) is 0 Å². The minimum absolute atomic E-state index is 0.316. The molecule has 1 aromatic carbocycles. The Bertz CT molecular complexity index is 571. The second-order valence-electron chi connectivity index (χ2n) is 3.71. The third kappa shape index (κ3) is 3.94. The first kappa shape index (κ1) is 13.8. The van der Waals surface area contributed by atoms with Gasteiger partial charge in [-0.1, -0.05) is 17.7 Å². The van der Waals surface area contributed by atoms with Crippen molar-refractivity contribution in [2.45, 2.75) is 13.5 Å². The van der Waals surface area contributed by atoms with Gasteiger partial charge in [-0.05, 0) is 25.1 Å². The van der Waals surface area contributed by atoms with Gasteiger partial charge in [-0.25, -0.2) is 9.78 Å². The number of hydrogen-bond acceptors (Lipinski definition) is 5. The second-order valence-corrected chi connectivity index (χ2v) is 5.46. The Labute approximate surface area is 120 Å². The van der Waals surface area contributed by atoms with Crippen molar-refractivity contribution in [3.05, 3.63) is 45.4 Å². The molecule has 1 heterocycles. The van der Waals surface area contributed by atoms with Crippen LogP contribution in [0.1, 0.15) is 22.3 Å². The number of ether oxygens (including phenoxy) is 1. The van der Waals surface area contributed by atoms with Gasteiger partial charge in [-0.15, -0.1) is 11.3 Å². The lowest BCUT2D eigenvalue weighted by Gasteiger charge is -2.06. The van der Waals surface area contributed by atoms with Crippen molar-refractivity contribution in [3.8, 4) is 0 Å². The van der Waals surface area contributed by atoms with Gasteiger partial charge in [-0.3, -0.25) is 0 Å². The van der Waals surface area contributed by atoms with Crippen LogP contribution < -0.4 is 5.32 Å². The fraction of sp³-hybridized carbons (Fsp3) is 0.231. The summed E-state index contributed by atoms with van der Waals surface area (Å²) in [6.45, 7) is 2.73. The van der Waals surface area contributed by atoms with Crippen LogP contribution in [0.25, 0.3) is 0 Å². The lowest BCUT2D eigenvalue weighted by molar-refractivity contribution is 0.0526. The zero-order chi connectivity index (χ0) is 13.7. The maximum absolute atomic E-state index is 11.6. The van der Waals surface area contributed by atoms with Crippen LogP contribution in [-0.2, 0) is 11.3 Å². The van der Waals surface area contributed by atoms with Crippen molar-refractivity contribution < 1.29 is 9.53 Å². The highest BCUT2D eigenvalue weighted by atomic mass is 35.5. The number of anilines is 1. The Morgan fingerprint density at radius 3 is 3.05 bits per heavy atom. The minimum atomic E-state index is -0.316. The SMILES string of the molecule is CCOC(=O)c1cccc(NCc2ncc(Cl)s2)c1. The van der Waals surface area contributed by atoms with E-state index in [0.29, 0.717) is 23.1 Å². The van der Waals surface area contributed by atoms with E-state index < -0.39 is 0 Å². The van der Waals surface area contributed by atoms with Gasteiger partial charge in [0.1, 0.15) is 9.34 Å². The van der Waals surface area contributed by atoms with Crippen LogP contribution in [0.5, 0.6) is 0 Å². The highest BCUT2D eigenvalue weighted by Crippen LogP contribution is 2.19. The molecule has 0 amide bonds. The molecule has 0 aliphatic heterocycles. The molecule has 1 N–H and O–H groups in total. The molecule has 0 aliphatic rings. The van der Waals surface area contributed by atoms with E-state index in [4.69, 9.17) is 16.3 Å². The predicted octanol–water partition coefficient (Wildman–Crippen LogP) is 3.59. The summed E-state index contributed by atoms with van der Waals surface area (Å²) < 4.78 is 5.62. The smallest absolute Gasteiger partial charge is 0.338 e. The molecule has 0 bridgehead atoms. The Kier molecular flexibility index (Phi) is 4.76. The number of halogens is 1. The molecule has 0 fully saturated rings. The van der Waals surface area contributed by atoms with Crippen molar-refractivity contribution in [2.75, 3.05) is 11.9 Å². The Morgan fingerprint density at radius 2 is 2.37 bits per heavy atom. The first-order valence-electron chi connectivity index (χ1n) is 5.80. The lowest BCUT2D eigenvalue weighted by Crippen LogP contribution is -2.05. The maximum Gasteiger partial charge on any atom is 0.338 e. The van der Waals surface area contributed by atoms with Crippen molar-refractivity contribution in [1.29, 1.82) is 0 Å². The standard InChI is InChI=1S/C13H13ClN2O2S/c1-2-18-13(17)9-4-3-5-10(6-9)15-8-12-16-7-11(14)19-12/h3-7,15H,2,8H2,1H3. The number of esters is 1. The molecule has 0 atom stereocenters. The number of benzene rings is 1. The topological polar surface area (TPSA) is 51.2 Å². The molecule has 1 aromatic heterocycles. The highest BCUT2D eigenvalue weighted by molar-refractivity contribution is 7.15. The summed E-state index contributed by atoms with van der Waals surface area (Å²) in [5, 5.41) is 4.09. The number of aromatic nitrogens is 1. The monoisotopic (exact) mass is 296 g/mol. The van der Waals surface area contributed by atoms with Crippen LogP contribution in [0.4, 0.5) is 5.69 Å². The molecule has 0 spiro atoms. The van der Waals surface area contributed by atoms with Gasteiger partial charge in [0.25, 0.3) is 0 Å². The van der Waals surface area contributed by atoms with Crippen molar-refractivity contribution >= 4 is 34.6 Å². The summed E-state index contributed by atoms with van der Waals surface area (Å²) in [6, 6.07) is 7.18. The number of nitrogens with one attached hydrogen (secondary N) is 1. The largest absolute Gasteiger partial charge is 0.462 e. The average molecular weight is 297 g/mol. The van der Waals surface area contributed by atoms with E-state index in [1.54, 1.807) is 25.3 Å². The molecule has 0 aliphatic carbocycles. The number of rotatable bonds is 5. The number of hydrogen-bond donors (Lipinski definition) is 1. The summed E-state index contributed by atoms with van der Waals surface area (Å²) in [6.07, 6.45) is 1.62. The van der Waals surface area contributed by atoms with Crippen LogP contribution in [-0.4, -0.2) is 17.6 Å². The first-order valence-corrected chi connectivity index (χ1v) is 6.99. The Balaban J connectivity index is 2.00. The third-order valence-corrected chi connectivity index (χ3v) is 3.46. The predicted molar refractivity (Wildman–Crippen MR) is 76.8 cm³/mol. The molecule has 2 aromatic rings. The molecule has 6 heteroatoms. The first-order chi connectivity index (χ1) is 9.19. The highest BCUT2D eigenvalue weighted by Gasteiger charge is 2.07. The summed E-state index contributed by atoms with van der Waals surface area (Å²) in [5.41, 5.74) is 1.38. The van der Waals surface area contributed by atoms with E-state index in [1.807, 2.05) is 12.1 Å². The summed E-state index contributed by atoms with van der Waals surface area (Å²) in [7, 11) is 0. The van der Waals surface area contributed by atoms with Crippen molar-refractivity contribution in [1.82, 2.24) is 4.98 Å². The zero-order valence-electron chi connectivity index (χ0n) is 10.4. The number of carbonyl (C=O) groups excluding carboxylic acids is 1. The fourth-order valence-corrected chi connectivity index (χ4v) is 2.41. The fourth-order valence-electron chi connectivity index (χ4n) is 1.52. The van der Waals surface area contributed by atoms with Crippen LogP contribution in [0.2, 0.25) is 4.34 Å². The molecule has 100 valence electrons. The minimum Gasteiger partial charge on any atom is -0.462 e. The molecule has 19 heavy (non-hydrogen) atoms. The van der Waals surface area contributed by atoms with E-state index in [1.165, 1.54) is 11.3 Å². The quantitative estimate of drug-likeness (QED) is 0.857. The molecular weight excluding hydrogens is 284 g/mol. The Morgan fingerprint density at radius 1 is 1.53 bits per heavy atom. The second kappa shape index (κ2) is 6.54. The van der Waals surface area contributed by atoms with Crippen LogP contribution in [0, 0.1) is 0 Å². The summed E-state index contributed by atoms with van der Waals surface area (Å²) in [4.78, 5) is 15.7. The summed E-state index contributed by atoms with van der Waals surface area (Å²) >= 11 is 7.24. The molecule has 0 saturated heterocycles. The molecule has 0 radical (unpaired) electrons. The molecule has 4 nitrogen and oxygen atoms in total. The molecule has 0 saturated carbocycles. The van der Waals surface area contributed by atoms with E-state index >= 15 is 0 Å². The van der Waals surface area contributed by atoms with Gasteiger partial charge in [0.05, 0.1) is 24.9 Å². The average Bonchev–Trinajstić information content (AvgIpc) is 2.83. The molecule has 0 unspecified atom stereocenters. The number of nitrogens with zero attached hydrogens (tertiary/aromatic N) is 1. The van der Waals surface area contributed by atoms with Crippen LogP contribution in [0.15, 0.2) is 30.5 Å². The number of carbonyl (C=O) groups is 1. The van der Waals surface area contributed by atoms with E-state index in [0.717, 1.165) is 10.7 Å². The van der Waals surface area contributed by atoms with E-state index in [-0.39, 0.29) is 5.97 Å². The third-order valence-electron chi connectivity index (χ3n) is 2.34. The Hall–Kier alpha value is -1.59. The lowest BCUT2D eigenvalue weighted by atomic mass is 10.2. The van der Waals surface area contributed by atoms with Gasteiger partial charge in [0, 0.05) is 5.69 Å². The number of thiazole rings is 1. The molecular formula is C13H13ClN2O2S. The van der Waals surface area contributed by atoms with E-state index in [2.05, 4.69) is 10.3 Å². The summed E-state index contributed by atoms with van der Waals surface area (Å²) in [5.74, 6) is -0.316. The van der Waals surface area contributed by atoms with Gasteiger partial charge >= 0.3 is 5.97 Å². The van der Waals surface area contributed by atoms with Crippen LogP contribution in [0.3, 0.4) is 0 Å². The van der Waals surface area contributed by atoms with Crippen molar-refractivity contribution in [2.24, 2.45) is 0 Å². The maximum atomic E-state index is 11.6. The van der Waals surface area contributed by atoms with E-state index in [9.17, 15) is 4.79 Å². The van der Waals surface area contributed by atoms with Crippen molar-refractivity contribution in [3.63, 3.8) is 0 Å². The molecule has 2 rings (SSSR count). The van der Waals surface area contributed by atoms with Gasteiger partial charge in [-0.2, -0.15) is 0 Å². The van der Waals surface area contributed by atoms with Gasteiger partial charge < -0.3 is 10.1 Å². The van der Waals surface area contributed by atoms with Crippen LogP contribution >= 0.6 is 22.9 Å².